The molecule has 3 aromatic rings. The van der Waals surface area contributed by atoms with Crippen LogP contribution >= 0.6 is 11.3 Å². The lowest BCUT2D eigenvalue weighted by molar-refractivity contribution is -0.683. The van der Waals surface area contributed by atoms with Crippen LogP contribution in [-0.2, 0) is 6.54 Å². The Labute approximate surface area is 219 Å². The quantitative estimate of drug-likeness (QED) is 0.156. The number of para-hydroxylation sites is 1. The van der Waals surface area contributed by atoms with Crippen molar-refractivity contribution in [3.05, 3.63) is 76.0 Å². The van der Waals surface area contributed by atoms with Gasteiger partial charge >= 0.3 is 0 Å². The van der Waals surface area contributed by atoms with E-state index in [0.717, 1.165) is 18.4 Å². The number of unbranched alkanes of at least 4 members (excludes halogenated alkanes) is 9. The Morgan fingerprint density at radius 1 is 0.972 bits per heavy atom. The molecule has 0 spiro atoms. The minimum Gasteiger partial charge on any atom is -0.488 e. The predicted molar refractivity (Wildman–Crippen MR) is 146 cm³/mol. The Kier molecular flexibility index (Phi) is 11.9. The molecule has 0 saturated carbocycles. The Balaban J connectivity index is 1.47. The standard InChI is InChI=1S/C30H39FN2O2S/c1-3-4-5-6-7-8-9-10-11-12-19-35-29-27(31)17-14-18-28(29)32-30(34)26-16-13-15-25(20-26)22-33-21-24(2)36-23-33/h13-18,20-21,23H,3-12,19,22H2,1-2H3/p+1. The molecule has 0 aliphatic heterocycles. The summed E-state index contributed by atoms with van der Waals surface area (Å²) in [5.41, 5.74) is 3.99. The van der Waals surface area contributed by atoms with Gasteiger partial charge in [-0.15, -0.1) is 0 Å². The Morgan fingerprint density at radius 2 is 1.67 bits per heavy atom. The van der Waals surface area contributed by atoms with Gasteiger partial charge in [-0.05, 0) is 37.6 Å². The first-order valence-electron chi connectivity index (χ1n) is 13.3. The third-order valence-electron chi connectivity index (χ3n) is 6.24. The number of benzene rings is 2. The van der Waals surface area contributed by atoms with Crippen molar-refractivity contribution in [1.29, 1.82) is 0 Å². The number of hydrogen-bond donors (Lipinski definition) is 1. The molecule has 0 bridgehead atoms. The summed E-state index contributed by atoms with van der Waals surface area (Å²) in [5, 5.41) is 2.84. The number of aromatic nitrogens is 1. The summed E-state index contributed by atoms with van der Waals surface area (Å²) in [6, 6.07) is 12.2. The summed E-state index contributed by atoms with van der Waals surface area (Å²) in [6.45, 7) is 5.44. The summed E-state index contributed by atoms with van der Waals surface area (Å²) in [6.07, 6.45) is 14.4. The molecule has 2 aromatic carbocycles. The van der Waals surface area contributed by atoms with Gasteiger partial charge in [-0.3, -0.25) is 4.79 Å². The van der Waals surface area contributed by atoms with Crippen LogP contribution in [0.3, 0.4) is 0 Å². The second-order valence-corrected chi connectivity index (χ2v) is 10.5. The van der Waals surface area contributed by atoms with Gasteiger partial charge in [0.15, 0.2) is 24.3 Å². The smallest absolute Gasteiger partial charge is 0.255 e. The van der Waals surface area contributed by atoms with Crippen LogP contribution in [0.25, 0.3) is 0 Å². The maximum atomic E-state index is 14.5. The first-order chi connectivity index (χ1) is 17.6. The van der Waals surface area contributed by atoms with E-state index in [4.69, 9.17) is 4.74 Å². The van der Waals surface area contributed by atoms with Gasteiger partial charge in [-0.25, -0.2) is 4.39 Å². The number of nitrogens with one attached hydrogen (secondary N) is 1. The monoisotopic (exact) mass is 511 g/mol. The summed E-state index contributed by atoms with van der Waals surface area (Å²) < 4.78 is 22.4. The molecule has 6 heteroatoms. The molecule has 194 valence electrons. The van der Waals surface area contributed by atoms with Crippen LogP contribution in [0.15, 0.2) is 54.2 Å². The van der Waals surface area contributed by atoms with Gasteiger partial charge in [-0.1, -0.05) is 94.2 Å². The van der Waals surface area contributed by atoms with Crippen molar-refractivity contribution < 1.29 is 18.5 Å². The molecule has 1 aromatic heterocycles. The van der Waals surface area contributed by atoms with Gasteiger partial charge in [0, 0.05) is 11.1 Å². The number of rotatable bonds is 16. The molecule has 1 amide bonds. The molecule has 1 N–H and O–H groups in total. The molecule has 3 rings (SSSR count). The molecule has 0 atom stereocenters. The van der Waals surface area contributed by atoms with Crippen LogP contribution in [0.4, 0.5) is 10.1 Å². The second-order valence-electron chi connectivity index (χ2n) is 9.44. The maximum Gasteiger partial charge on any atom is 0.255 e. The molecule has 0 fully saturated rings. The average Bonchev–Trinajstić information content (AvgIpc) is 3.28. The summed E-state index contributed by atoms with van der Waals surface area (Å²) in [5.74, 6) is -0.627. The third-order valence-corrected chi connectivity index (χ3v) is 7.09. The third kappa shape index (κ3) is 9.38. The van der Waals surface area contributed by atoms with Crippen molar-refractivity contribution in [1.82, 2.24) is 0 Å². The Hall–Kier alpha value is -2.73. The van der Waals surface area contributed by atoms with Gasteiger partial charge in [0.25, 0.3) is 5.91 Å². The lowest BCUT2D eigenvalue weighted by Gasteiger charge is -2.13. The van der Waals surface area contributed by atoms with E-state index in [1.807, 2.05) is 18.2 Å². The van der Waals surface area contributed by atoms with E-state index < -0.39 is 5.82 Å². The van der Waals surface area contributed by atoms with Crippen LogP contribution in [0.5, 0.6) is 5.75 Å². The van der Waals surface area contributed by atoms with Gasteiger partial charge in [0.05, 0.1) is 17.2 Å². The van der Waals surface area contributed by atoms with E-state index in [2.05, 4.69) is 35.4 Å². The molecule has 0 unspecified atom stereocenters. The van der Waals surface area contributed by atoms with Gasteiger partial charge in [0.1, 0.15) is 0 Å². The first kappa shape index (κ1) is 27.9. The normalized spacial score (nSPS) is 11.0. The molecule has 0 aliphatic carbocycles. The second kappa shape index (κ2) is 15.4. The Bertz CT molecular complexity index is 1080. The number of halogens is 1. The lowest BCUT2D eigenvalue weighted by atomic mass is 10.1. The number of nitrogens with zero attached hydrogens (tertiary/aromatic N) is 1. The molecule has 0 saturated heterocycles. The van der Waals surface area contributed by atoms with Gasteiger partial charge < -0.3 is 10.1 Å². The van der Waals surface area contributed by atoms with Gasteiger partial charge in [0.2, 0.25) is 5.51 Å². The zero-order valence-electron chi connectivity index (χ0n) is 21.7. The zero-order chi connectivity index (χ0) is 25.6. The minimum atomic E-state index is -0.460. The van der Waals surface area contributed by atoms with E-state index in [-0.39, 0.29) is 11.7 Å². The predicted octanol–water partition coefficient (Wildman–Crippen LogP) is 8.08. The minimum absolute atomic E-state index is 0.113. The number of carbonyl (C=O) groups excluding carboxylic acids is 1. The first-order valence-corrected chi connectivity index (χ1v) is 14.2. The van der Waals surface area contributed by atoms with E-state index in [1.54, 1.807) is 29.5 Å². The maximum absolute atomic E-state index is 14.5. The molecule has 0 radical (unpaired) electrons. The summed E-state index contributed by atoms with van der Waals surface area (Å²) in [7, 11) is 0. The number of thiazole rings is 1. The van der Waals surface area contributed by atoms with E-state index in [1.165, 1.54) is 62.3 Å². The topological polar surface area (TPSA) is 42.2 Å². The average molecular weight is 512 g/mol. The van der Waals surface area contributed by atoms with Crippen LogP contribution < -0.4 is 14.6 Å². The molecule has 0 aliphatic rings. The van der Waals surface area contributed by atoms with E-state index in [9.17, 15) is 9.18 Å². The highest BCUT2D eigenvalue weighted by atomic mass is 32.1. The fourth-order valence-electron chi connectivity index (χ4n) is 4.26. The van der Waals surface area contributed by atoms with E-state index >= 15 is 0 Å². The molecular formula is C30H40FN2O2S+. The number of carbonyl (C=O) groups is 1. The molecule has 1 heterocycles. The summed E-state index contributed by atoms with van der Waals surface area (Å²) in [4.78, 5) is 14.2. The molecule has 4 nitrogen and oxygen atoms in total. The largest absolute Gasteiger partial charge is 0.488 e. The zero-order valence-corrected chi connectivity index (χ0v) is 22.5. The molecular weight excluding hydrogens is 471 g/mol. The number of hydrogen-bond acceptors (Lipinski definition) is 3. The highest BCUT2D eigenvalue weighted by Crippen LogP contribution is 2.28. The van der Waals surface area contributed by atoms with Crippen molar-refractivity contribution in [3.63, 3.8) is 0 Å². The summed E-state index contributed by atoms with van der Waals surface area (Å²) >= 11 is 1.69. The number of aryl methyl sites for hydroxylation is 1. The van der Waals surface area contributed by atoms with Crippen LogP contribution in [0.1, 0.15) is 91.9 Å². The number of amides is 1. The van der Waals surface area contributed by atoms with Gasteiger partial charge in [-0.2, -0.15) is 4.57 Å². The van der Waals surface area contributed by atoms with Crippen molar-refractivity contribution in [3.8, 4) is 5.75 Å². The fourth-order valence-corrected chi connectivity index (χ4v) is 4.90. The number of anilines is 1. The van der Waals surface area contributed by atoms with Crippen molar-refractivity contribution in [2.45, 2.75) is 84.6 Å². The highest BCUT2D eigenvalue weighted by Gasteiger charge is 2.15. The van der Waals surface area contributed by atoms with Crippen molar-refractivity contribution >= 4 is 22.9 Å². The van der Waals surface area contributed by atoms with Crippen molar-refractivity contribution in [2.75, 3.05) is 11.9 Å². The SMILES string of the molecule is CCCCCCCCCCCCOc1c(F)cccc1NC(=O)c1cccc(C[n+]2csc(C)c2)c1. The highest BCUT2D eigenvalue weighted by molar-refractivity contribution is 7.09. The number of ether oxygens (including phenoxy) is 1. The lowest BCUT2D eigenvalue weighted by Crippen LogP contribution is -2.30. The van der Waals surface area contributed by atoms with Crippen LogP contribution in [-0.4, -0.2) is 12.5 Å². The van der Waals surface area contributed by atoms with Crippen molar-refractivity contribution in [2.24, 2.45) is 0 Å². The van der Waals surface area contributed by atoms with Crippen LogP contribution in [0.2, 0.25) is 0 Å². The van der Waals surface area contributed by atoms with E-state index in [0.29, 0.717) is 24.4 Å². The Morgan fingerprint density at radius 3 is 2.36 bits per heavy atom. The fraction of sp³-hybridized carbons (Fsp3) is 0.467. The van der Waals surface area contributed by atoms with Crippen LogP contribution in [0, 0.1) is 12.7 Å². The molecule has 36 heavy (non-hydrogen) atoms.